The third-order valence-corrected chi connectivity index (χ3v) is 5.35. The normalized spacial score (nSPS) is 9.82. The highest BCUT2D eigenvalue weighted by Crippen LogP contribution is 2.08. The van der Waals surface area contributed by atoms with E-state index >= 15 is 0 Å². The molecule has 8 heteroatoms. The number of terminal acetylenes is 2. The van der Waals surface area contributed by atoms with Crippen LogP contribution < -0.4 is 0 Å². The largest absolute Gasteiger partial charge is 0.508 e. The van der Waals surface area contributed by atoms with Gasteiger partial charge in [-0.3, -0.25) is 14.4 Å². The second-order valence-corrected chi connectivity index (χ2v) is 9.45. The van der Waals surface area contributed by atoms with Crippen LogP contribution in [0.15, 0.2) is 66.2 Å². The van der Waals surface area contributed by atoms with Crippen LogP contribution in [0.4, 0.5) is 0 Å². The number of aryl methyl sites for hydroxylation is 1. The summed E-state index contributed by atoms with van der Waals surface area (Å²) < 4.78 is 9.85. The average Bonchev–Trinajstić information content (AvgIpc) is 3.04. The first kappa shape index (κ1) is 47.4. The Balaban J connectivity index is -0.000000258. The summed E-state index contributed by atoms with van der Waals surface area (Å²) in [6.45, 7) is 12.5. The van der Waals surface area contributed by atoms with Crippen molar-refractivity contribution in [2.24, 2.45) is 0 Å². The summed E-state index contributed by atoms with van der Waals surface area (Å²) in [5.41, 5.74) is 3.11. The molecule has 0 spiro atoms. The lowest BCUT2D eigenvalue weighted by molar-refractivity contribution is -0.143. The van der Waals surface area contributed by atoms with Crippen LogP contribution in [0.2, 0.25) is 0 Å². The van der Waals surface area contributed by atoms with Crippen molar-refractivity contribution < 1.29 is 34.1 Å². The number of carbonyl (C=O) groups excluding carboxylic acids is 3. The van der Waals surface area contributed by atoms with Gasteiger partial charge in [0.05, 0.1) is 13.0 Å². The van der Waals surface area contributed by atoms with Crippen LogP contribution >= 0.6 is 0 Å². The van der Waals surface area contributed by atoms with E-state index in [0.717, 1.165) is 43.2 Å². The van der Waals surface area contributed by atoms with Crippen molar-refractivity contribution in [1.82, 2.24) is 4.90 Å². The first-order valence-corrected chi connectivity index (χ1v) is 14.7. The van der Waals surface area contributed by atoms with Gasteiger partial charge in [-0.25, -0.2) is 0 Å². The molecule has 0 saturated carbocycles. The number of hydrogen-bond donors (Lipinski definition) is 2. The fraction of sp³-hybridized carbons (Fsp3) is 0.432. The van der Waals surface area contributed by atoms with Gasteiger partial charge in [0, 0.05) is 26.6 Å². The van der Waals surface area contributed by atoms with Crippen molar-refractivity contribution in [3.05, 3.63) is 77.4 Å². The van der Waals surface area contributed by atoms with Gasteiger partial charge in [-0.05, 0) is 51.3 Å². The minimum atomic E-state index is -0.242. The number of phenols is 1. The highest BCUT2D eigenvalue weighted by Gasteiger charge is 2.07. The molecule has 1 unspecified atom stereocenters. The molecule has 0 aliphatic heterocycles. The number of phenolic OH excluding ortho intramolecular Hbond substituents is 1. The van der Waals surface area contributed by atoms with Gasteiger partial charge in [0.25, 0.3) is 0 Å². The van der Waals surface area contributed by atoms with E-state index < -0.39 is 0 Å². The van der Waals surface area contributed by atoms with Crippen LogP contribution in [-0.4, -0.2) is 59.8 Å². The number of carbonyl (C=O) groups is 3. The summed E-state index contributed by atoms with van der Waals surface area (Å²) in [4.78, 5) is 33.9. The standard InChI is InChI=1S/C13H23NO3.C9H10O2.C7H8O.C4H10O.2C2H2/c1-5-6-7-17-13(16)9-11(2)8-12(3)14(4)10-15;1-8(10)11-7-9-5-3-2-4-6-9;1-6-2-4-7(8)5-3-6;1-2-3-4-5;2*1-2/h8,10,12H,5-7,9H2,1-4H3;2-6H,7H2,1H3;2-5,8H,1H3;5H,2-4H2,1H3;2*1-2H/b11-8+;;;;;. The van der Waals surface area contributed by atoms with Crippen LogP contribution in [0, 0.1) is 32.6 Å². The number of likely N-dealkylation sites (N-methyl/N-ethyl adjacent to an activating group) is 1. The molecule has 0 aliphatic carbocycles. The second kappa shape index (κ2) is 35.7. The van der Waals surface area contributed by atoms with Gasteiger partial charge >= 0.3 is 11.9 Å². The summed E-state index contributed by atoms with van der Waals surface area (Å²) in [5, 5.41) is 16.8. The van der Waals surface area contributed by atoms with Crippen molar-refractivity contribution >= 4 is 18.3 Å². The maximum absolute atomic E-state index is 11.4. The number of aliphatic hydroxyl groups is 1. The SMILES string of the molecule is C#C.C#C.CC(=O)OCc1ccccc1.CCCCO.CCCCOC(=O)C/C(C)=C/C(C)N(C)C=O.Cc1ccc(O)cc1. The molecule has 0 heterocycles. The third kappa shape index (κ3) is 35.6. The van der Waals surface area contributed by atoms with E-state index in [2.05, 4.69) is 39.5 Å². The van der Waals surface area contributed by atoms with E-state index in [1.165, 1.54) is 12.5 Å². The quantitative estimate of drug-likeness (QED) is 0.0870. The predicted molar refractivity (Wildman–Crippen MR) is 184 cm³/mol. The zero-order valence-corrected chi connectivity index (χ0v) is 28.3. The van der Waals surface area contributed by atoms with Crippen molar-refractivity contribution in [3.63, 3.8) is 0 Å². The van der Waals surface area contributed by atoms with E-state index in [4.69, 9.17) is 19.7 Å². The molecular formula is C37H55NO7. The van der Waals surface area contributed by atoms with Crippen LogP contribution in [0.3, 0.4) is 0 Å². The number of aromatic hydroxyl groups is 1. The highest BCUT2D eigenvalue weighted by molar-refractivity contribution is 5.72. The van der Waals surface area contributed by atoms with Gasteiger partial charge in [0.15, 0.2) is 0 Å². The maximum Gasteiger partial charge on any atom is 0.309 e. The number of amides is 1. The zero-order chi connectivity index (χ0) is 35.5. The molecular weight excluding hydrogens is 570 g/mol. The van der Waals surface area contributed by atoms with Gasteiger partial charge in [0.2, 0.25) is 6.41 Å². The Morgan fingerprint density at radius 2 is 1.44 bits per heavy atom. The Morgan fingerprint density at radius 3 is 1.84 bits per heavy atom. The molecule has 0 saturated heterocycles. The number of benzene rings is 2. The fourth-order valence-electron chi connectivity index (χ4n) is 2.76. The topological polar surface area (TPSA) is 113 Å². The smallest absolute Gasteiger partial charge is 0.309 e. The molecule has 0 radical (unpaired) electrons. The predicted octanol–water partition coefficient (Wildman–Crippen LogP) is 6.87. The van der Waals surface area contributed by atoms with Crippen molar-refractivity contribution in [1.29, 1.82) is 0 Å². The number of hydrogen-bond acceptors (Lipinski definition) is 7. The molecule has 1 atom stereocenters. The maximum atomic E-state index is 11.4. The van der Waals surface area contributed by atoms with E-state index in [1.807, 2.05) is 69.3 Å². The summed E-state index contributed by atoms with van der Waals surface area (Å²) in [7, 11) is 1.71. The average molecular weight is 626 g/mol. The van der Waals surface area contributed by atoms with Gasteiger partial charge < -0.3 is 24.6 Å². The number of esters is 2. The van der Waals surface area contributed by atoms with Crippen LogP contribution in [-0.2, 0) is 30.5 Å². The molecule has 0 bridgehead atoms. The summed E-state index contributed by atoms with van der Waals surface area (Å²) in [5.74, 6) is -0.113. The van der Waals surface area contributed by atoms with Crippen molar-refractivity contribution in [2.45, 2.75) is 86.3 Å². The molecule has 1 amide bonds. The lowest BCUT2D eigenvalue weighted by Gasteiger charge is -2.17. The molecule has 2 aromatic carbocycles. The number of aliphatic hydroxyl groups excluding tert-OH is 1. The molecule has 0 aliphatic rings. The Labute approximate surface area is 272 Å². The monoisotopic (exact) mass is 625 g/mol. The van der Waals surface area contributed by atoms with Gasteiger partial charge in [0.1, 0.15) is 12.4 Å². The summed E-state index contributed by atoms with van der Waals surface area (Å²) >= 11 is 0. The summed E-state index contributed by atoms with van der Waals surface area (Å²) in [6.07, 6.45) is 22.9. The van der Waals surface area contributed by atoms with Crippen molar-refractivity contribution in [3.8, 4) is 31.4 Å². The zero-order valence-electron chi connectivity index (χ0n) is 28.3. The Hall–Kier alpha value is -4.53. The second-order valence-electron chi connectivity index (χ2n) is 9.45. The van der Waals surface area contributed by atoms with E-state index in [0.29, 0.717) is 32.0 Å². The molecule has 45 heavy (non-hydrogen) atoms. The van der Waals surface area contributed by atoms with Gasteiger partial charge in [-0.15, -0.1) is 25.7 Å². The molecule has 8 nitrogen and oxygen atoms in total. The number of unbranched alkanes of at least 4 members (excludes halogenated alkanes) is 2. The van der Waals surface area contributed by atoms with E-state index in [-0.39, 0.29) is 18.0 Å². The molecule has 2 aromatic rings. The lowest BCUT2D eigenvalue weighted by Crippen LogP contribution is -2.25. The first-order chi connectivity index (χ1) is 21.5. The Bertz CT molecular complexity index is 1020. The highest BCUT2D eigenvalue weighted by atomic mass is 16.5. The Kier molecular flexibility index (Phi) is 37.6. The fourth-order valence-corrected chi connectivity index (χ4v) is 2.76. The molecule has 0 fully saturated rings. The number of nitrogens with zero attached hydrogens (tertiary/aromatic N) is 1. The van der Waals surface area contributed by atoms with Crippen LogP contribution in [0.25, 0.3) is 0 Å². The molecule has 250 valence electrons. The third-order valence-electron chi connectivity index (χ3n) is 5.35. The van der Waals surface area contributed by atoms with E-state index in [9.17, 15) is 14.4 Å². The Morgan fingerprint density at radius 1 is 0.911 bits per heavy atom. The van der Waals surface area contributed by atoms with Gasteiger partial charge in [-0.1, -0.05) is 86.4 Å². The first-order valence-electron chi connectivity index (χ1n) is 14.7. The molecule has 2 rings (SSSR count). The summed E-state index contributed by atoms with van der Waals surface area (Å²) in [6, 6.07) is 16.7. The minimum Gasteiger partial charge on any atom is -0.508 e. The molecule has 0 aromatic heterocycles. The lowest BCUT2D eigenvalue weighted by atomic mass is 10.1. The van der Waals surface area contributed by atoms with Crippen LogP contribution in [0.1, 0.15) is 77.8 Å². The van der Waals surface area contributed by atoms with E-state index in [1.54, 1.807) is 24.1 Å². The van der Waals surface area contributed by atoms with Gasteiger partial charge in [-0.2, -0.15) is 0 Å². The molecule has 2 N–H and O–H groups in total. The van der Waals surface area contributed by atoms with Crippen LogP contribution in [0.5, 0.6) is 5.75 Å². The number of ether oxygens (including phenoxy) is 2. The minimum absolute atomic E-state index is 0.00376. The number of rotatable bonds is 12. The van der Waals surface area contributed by atoms with Crippen molar-refractivity contribution in [2.75, 3.05) is 20.3 Å².